The first-order valence-electron chi connectivity index (χ1n) is 35.0. The van der Waals surface area contributed by atoms with Gasteiger partial charge in [0.25, 0.3) is 5.91 Å². The molecule has 0 unspecified atom stereocenters. The highest BCUT2D eigenvalue weighted by Crippen LogP contribution is 2.33. The predicted octanol–water partition coefficient (Wildman–Crippen LogP) is 2.52. The molecule has 0 saturated carbocycles. The Labute approximate surface area is 646 Å². The largest absolute Gasteiger partial charge is 0.508 e. The van der Waals surface area contributed by atoms with Crippen LogP contribution in [-0.2, 0) is 88.0 Å². The van der Waals surface area contributed by atoms with Gasteiger partial charge in [0.15, 0.2) is 5.96 Å². The van der Waals surface area contributed by atoms with Gasteiger partial charge in [-0.3, -0.25) is 72.2 Å². The molecule has 4 aromatic carbocycles. The number of benzene rings is 4. The fraction of sp³-hybridized carbons (Fsp3) is 0.479. The molecule has 0 aliphatic rings. The van der Waals surface area contributed by atoms with Crippen molar-refractivity contribution in [1.82, 2.24) is 47.4 Å². The monoisotopic (exact) mass is 1580 g/mol. The number of guanidine groups is 1. The van der Waals surface area contributed by atoms with Gasteiger partial charge < -0.3 is 86.5 Å². The molecule has 31 nitrogen and oxygen atoms in total. The third-order valence-electron chi connectivity index (χ3n) is 17.8. The van der Waals surface area contributed by atoms with Crippen molar-refractivity contribution in [3.05, 3.63) is 126 Å². The standard InChI is InChI=1S/C73H99Cl4N15O16/c1-10-36(5)61(89-68(104)54(84-39(8)94)30-41-20-23-57(96)43(28-41)32-45-47(74)15-12-16-48(45)75)69(105)88-55(34-60(79)99)66(102)87-53(27-35(3)4)67(103)90-62(37(6)11-2)70(106)91-63(38(7)93)71(107)85-51(22-25-59(78)98)65(101)86-52(19-14-26-83-73(81)82)72(108)92(40(9)95)56(64(80)100)31-42-21-24-58(97)44(29-42)33-46-49(76)17-13-18-50(46)77/h12-13,15-18,20-21,23-24,28-29,35-38,51-56,61-63,93,96-97H,10-11,14,19,22,25-27,30-34H2,1-9H3,(H2,78,98)(H2,79,99)(H2,80,100)(H,84,94)(H,85,107)(H,86,101)(H,87,102)(H,88,105)(H,89,104)(H,90,103)(H,91,106)(H4,81,82,83)/t36-,37-,38-,51-,52-,53-,54-,55-,56-,61-,62-,63+/m0/s1. The molecule has 4 rings (SSSR count). The summed E-state index contributed by atoms with van der Waals surface area (Å²) >= 11 is 25.7. The van der Waals surface area contributed by atoms with Crippen LogP contribution in [0.5, 0.6) is 11.5 Å². The van der Waals surface area contributed by atoms with Gasteiger partial charge in [-0.05, 0) is 120 Å². The molecule has 35 heteroatoms. The number of hydrogen-bond acceptors (Lipinski definition) is 17. The topological polar surface area (TPSA) is 525 Å². The van der Waals surface area contributed by atoms with Crippen molar-refractivity contribution in [2.24, 2.45) is 51.4 Å². The first-order chi connectivity index (χ1) is 50.7. The SMILES string of the molecule is CC[C@H](C)[C@H](NC(=O)[C@H](Cc1ccc(O)c(Cc2c(Cl)cccc2Cl)c1)NC(C)=O)C(=O)N[C@@H](CC(N)=O)C(=O)N[C@@H](CC(C)C)C(=O)N[C@H](C(=O)N[C@@H](C(=O)N[C@@H](CCC(N)=O)C(=O)N[C@@H](CCCN=C(N)N)C(=O)N(C(C)=O)[C@@H](Cc1ccc(O)c(Cc2c(Cl)cccc2Cl)c1)C(N)=O)[C@H](C)O)[C@@H](C)CC. The number of aliphatic hydroxyl groups is 1. The van der Waals surface area contributed by atoms with Gasteiger partial charge in [0.2, 0.25) is 70.9 Å². The number of primary amides is 3. The number of rotatable bonds is 42. The second-order valence-corrected chi connectivity index (χ2v) is 28.6. The van der Waals surface area contributed by atoms with E-state index >= 15 is 0 Å². The Bertz CT molecular complexity index is 3910. The van der Waals surface area contributed by atoms with Crippen molar-refractivity contribution in [3.8, 4) is 11.5 Å². The number of nitrogens with zero attached hydrogens (tertiary/aromatic N) is 2. The number of aliphatic hydroxyl groups excluding tert-OH is 1. The van der Waals surface area contributed by atoms with E-state index in [1.165, 1.54) is 37.3 Å². The molecule has 0 aromatic heterocycles. The van der Waals surface area contributed by atoms with Gasteiger partial charge in [-0.25, -0.2) is 0 Å². The summed E-state index contributed by atoms with van der Waals surface area (Å²) in [5.74, 6) is -15.7. The van der Waals surface area contributed by atoms with Crippen LogP contribution in [0.25, 0.3) is 0 Å². The third-order valence-corrected chi connectivity index (χ3v) is 19.2. The first-order valence-corrected chi connectivity index (χ1v) is 36.5. The van der Waals surface area contributed by atoms with Crippen molar-refractivity contribution in [2.75, 3.05) is 6.54 Å². The summed E-state index contributed by atoms with van der Waals surface area (Å²) in [4.78, 5) is 185. The number of imide groups is 1. The Morgan fingerprint density at radius 2 is 0.926 bits per heavy atom. The number of carbonyl (C=O) groups is 13. The maximum absolute atomic E-state index is 14.8. The Morgan fingerprint density at radius 1 is 0.500 bits per heavy atom. The van der Waals surface area contributed by atoms with Crippen LogP contribution < -0.4 is 71.2 Å². The number of halogens is 4. The molecular weight excluding hydrogens is 1480 g/mol. The summed E-state index contributed by atoms with van der Waals surface area (Å²) in [5.41, 5.74) is 30.6. The lowest BCUT2D eigenvalue weighted by Gasteiger charge is -2.32. The second-order valence-electron chi connectivity index (χ2n) is 27.0. The van der Waals surface area contributed by atoms with Gasteiger partial charge >= 0.3 is 0 Å². The van der Waals surface area contributed by atoms with Crippen LogP contribution in [0.3, 0.4) is 0 Å². The molecule has 13 amide bonds. The zero-order valence-corrected chi connectivity index (χ0v) is 64.6. The molecule has 0 fully saturated rings. The number of carbonyl (C=O) groups excluding carboxylic acids is 13. The summed E-state index contributed by atoms with van der Waals surface area (Å²) in [5, 5.41) is 54.3. The number of hydrogen-bond donors (Lipinski definition) is 16. The van der Waals surface area contributed by atoms with Gasteiger partial charge in [0, 0.05) is 72.6 Å². The minimum absolute atomic E-state index is 0.0183. The van der Waals surface area contributed by atoms with Gasteiger partial charge in [0.1, 0.15) is 65.9 Å². The molecular formula is C73H99Cl4N15O16. The molecule has 4 aromatic rings. The van der Waals surface area contributed by atoms with Gasteiger partial charge in [-0.15, -0.1) is 0 Å². The predicted molar refractivity (Wildman–Crippen MR) is 406 cm³/mol. The maximum atomic E-state index is 14.8. The van der Waals surface area contributed by atoms with Crippen LogP contribution in [0.15, 0.2) is 77.8 Å². The molecule has 0 heterocycles. The van der Waals surface area contributed by atoms with Crippen LogP contribution in [0.2, 0.25) is 20.1 Å². The average molecular weight is 1580 g/mol. The van der Waals surface area contributed by atoms with Crippen molar-refractivity contribution in [3.63, 3.8) is 0 Å². The molecule has 0 bridgehead atoms. The van der Waals surface area contributed by atoms with Crippen molar-refractivity contribution in [2.45, 2.75) is 200 Å². The molecule has 108 heavy (non-hydrogen) atoms. The average Bonchev–Trinajstić information content (AvgIpc) is 0.900. The number of aromatic hydroxyl groups is 2. The van der Waals surface area contributed by atoms with Crippen LogP contribution in [-0.4, -0.2) is 170 Å². The van der Waals surface area contributed by atoms with Crippen LogP contribution in [0.1, 0.15) is 147 Å². The third kappa shape index (κ3) is 28.1. The molecule has 0 spiro atoms. The van der Waals surface area contributed by atoms with Crippen LogP contribution in [0, 0.1) is 17.8 Å². The normalized spacial score (nSPS) is 14.5. The lowest BCUT2D eigenvalue weighted by molar-refractivity contribution is -0.152. The molecule has 0 aliphatic heterocycles. The van der Waals surface area contributed by atoms with E-state index in [4.69, 9.17) is 75.1 Å². The molecule has 12 atom stereocenters. The van der Waals surface area contributed by atoms with Crippen molar-refractivity contribution < 1.29 is 77.6 Å². The summed E-state index contributed by atoms with van der Waals surface area (Å²) in [6.45, 7) is 13.1. The van der Waals surface area contributed by atoms with Crippen LogP contribution in [0.4, 0.5) is 0 Å². The summed E-state index contributed by atoms with van der Waals surface area (Å²) < 4.78 is 0. The highest BCUT2D eigenvalue weighted by molar-refractivity contribution is 6.36. The van der Waals surface area contributed by atoms with E-state index in [-0.39, 0.29) is 81.3 Å². The first kappa shape index (κ1) is 90.6. The lowest BCUT2D eigenvalue weighted by atomic mass is 9.95. The Hall–Kier alpha value is -9.82. The smallest absolute Gasteiger partial charge is 0.252 e. The highest BCUT2D eigenvalue weighted by atomic mass is 35.5. The van der Waals surface area contributed by atoms with E-state index in [1.54, 1.807) is 84.0 Å². The van der Waals surface area contributed by atoms with E-state index < -0.39 is 175 Å². The van der Waals surface area contributed by atoms with Gasteiger partial charge in [0.05, 0.1) is 12.5 Å². The highest BCUT2D eigenvalue weighted by Gasteiger charge is 2.41. The second kappa shape index (κ2) is 43.2. The number of amides is 13. The molecule has 590 valence electrons. The van der Waals surface area contributed by atoms with E-state index in [0.29, 0.717) is 58.4 Å². The number of nitrogens with two attached hydrogens (primary N) is 5. The minimum Gasteiger partial charge on any atom is -0.508 e. The number of aliphatic imine (C=N–C) groups is 1. The fourth-order valence-corrected chi connectivity index (χ4v) is 12.6. The van der Waals surface area contributed by atoms with Crippen LogP contribution >= 0.6 is 46.4 Å². The van der Waals surface area contributed by atoms with E-state index in [1.807, 2.05) is 0 Å². The maximum Gasteiger partial charge on any atom is 0.252 e. The Kier molecular flexibility index (Phi) is 36.3. The Balaban J connectivity index is 1.60. The number of phenolic OH excluding ortho intramolecular Hbond substituents is 2. The Morgan fingerprint density at radius 3 is 1.36 bits per heavy atom. The fourth-order valence-electron chi connectivity index (χ4n) is 11.6. The van der Waals surface area contributed by atoms with Gasteiger partial charge in [-0.2, -0.15) is 0 Å². The summed E-state index contributed by atoms with van der Waals surface area (Å²) in [7, 11) is 0. The summed E-state index contributed by atoms with van der Waals surface area (Å²) in [6, 6.07) is 3.75. The summed E-state index contributed by atoms with van der Waals surface area (Å²) in [6.07, 6.45) is -4.20. The van der Waals surface area contributed by atoms with E-state index in [2.05, 4.69) is 47.5 Å². The quantitative estimate of drug-likeness (QED) is 0.0172. The zero-order chi connectivity index (χ0) is 81.1. The van der Waals surface area contributed by atoms with Gasteiger partial charge in [-0.1, -0.05) is 137 Å². The molecule has 0 saturated heterocycles. The zero-order valence-electron chi connectivity index (χ0n) is 61.6. The minimum atomic E-state index is -1.95. The number of nitrogens with one attached hydrogen (secondary N) is 8. The lowest BCUT2D eigenvalue weighted by Crippen LogP contribution is -2.63. The molecule has 21 N–H and O–H groups in total. The van der Waals surface area contributed by atoms with E-state index in [0.717, 1.165) is 13.8 Å². The molecule has 0 aliphatic carbocycles. The van der Waals surface area contributed by atoms with E-state index in [9.17, 15) is 77.6 Å². The number of phenols is 2. The van der Waals surface area contributed by atoms with Crippen molar-refractivity contribution in [1.29, 1.82) is 0 Å². The van der Waals surface area contributed by atoms with Crippen molar-refractivity contribution >= 4 is 129 Å². The molecule has 0 radical (unpaired) electrons.